The van der Waals surface area contributed by atoms with Gasteiger partial charge in [-0.1, -0.05) is 56.3 Å². The molecule has 0 amide bonds. The van der Waals surface area contributed by atoms with E-state index in [1.165, 1.54) is 47.1 Å². The molecule has 2 heterocycles. The maximum absolute atomic E-state index is 5.17. The Morgan fingerprint density at radius 1 is 0.971 bits per heavy atom. The van der Waals surface area contributed by atoms with E-state index in [0.717, 1.165) is 42.3 Å². The van der Waals surface area contributed by atoms with Crippen LogP contribution in [-0.4, -0.2) is 31.7 Å². The SMILES string of the molecule is CCc1cccc(CC)c1-c1nc(C)c(CN(C)[C@@H]2CCCc3ccccc32)c(-n2cccn2)n1. The van der Waals surface area contributed by atoms with E-state index in [1.54, 1.807) is 0 Å². The molecule has 1 aliphatic rings. The van der Waals surface area contributed by atoms with Gasteiger partial charge >= 0.3 is 0 Å². The van der Waals surface area contributed by atoms with Gasteiger partial charge in [-0.05, 0) is 74.4 Å². The Morgan fingerprint density at radius 3 is 2.46 bits per heavy atom. The number of fused-ring (bicyclic) bond motifs is 1. The molecule has 5 heteroatoms. The number of hydrogen-bond acceptors (Lipinski definition) is 4. The fraction of sp³-hybridized carbons (Fsp3) is 0.367. The highest BCUT2D eigenvalue weighted by Gasteiger charge is 2.26. The Kier molecular flexibility index (Phi) is 6.78. The maximum atomic E-state index is 5.17. The lowest BCUT2D eigenvalue weighted by Crippen LogP contribution is -2.28. The highest BCUT2D eigenvalue weighted by atomic mass is 15.3. The van der Waals surface area contributed by atoms with Crippen molar-refractivity contribution in [2.45, 2.75) is 65.5 Å². The van der Waals surface area contributed by atoms with Crippen molar-refractivity contribution in [3.05, 3.63) is 94.4 Å². The molecule has 0 saturated carbocycles. The molecule has 2 aromatic carbocycles. The first-order valence-corrected chi connectivity index (χ1v) is 12.9. The topological polar surface area (TPSA) is 46.8 Å². The second kappa shape index (κ2) is 10.1. The van der Waals surface area contributed by atoms with E-state index >= 15 is 0 Å². The van der Waals surface area contributed by atoms with Crippen LogP contribution in [0.25, 0.3) is 17.2 Å². The van der Waals surface area contributed by atoms with Crippen molar-refractivity contribution in [3.63, 3.8) is 0 Å². The summed E-state index contributed by atoms with van der Waals surface area (Å²) in [5.74, 6) is 1.68. The van der Waals surface area contributed by atoms with Crippen LogP contribution in [0.2, 0.25) is 0 Å². The van der Waals surface area contributed by atoms with Gasteiger partial charge in [-0.3, -0.25) is 4.90 Å². The molecule has 0 fully saturated rings. The molecule has 1 atom stereocenters. The van der Waals surface area contributed by atoms with E-state index in [-0.39, 0.29) is 0 Å². The first-order chi connectivity index (χ1) is 17.1. The van der Waals surface area contributed by atoms with Crippen molar-refractivity contribution in [1.29, 1.82) is 0 Å². The molecular formula is C30H35N5. The van der Waals surface area contributed by atoms with Crippen molar-refractivity contribution in [2.24, 2.45) is 0 Å². The van der Waals surface area contributed by atoms with E-state index in [0.29, 0.717) is 6.04 Å². The minimum Gasteiger partial charge on any atom is -0.295 e. The molecule has 0 spiro atoms. The maximum Gasteiger partial charge on any atom is 0.162 e. The van der Waals surface area contributed by atoms with Gasteiger partial charge in [-0.2, -0.15) is 5.10 Å². The fourth-order valence-corrected chi connectivity index (χ4v) is 5.54. The summed E-state index contributed by atoms with van der Waals surface area (Å²) in [5, 5.41) is 4.57. The Bertz CT molecular complexity index is 1290. The highest BCUT2D eigenvalue weighted by molar-refractivity contribution is 5.66. The first kappa shape index (κ1) is 23.4. The van der Waals surface area contributed by atoms with Gasteiger partial charge in [-0.15, -0.1) is 0 Å². The van der Waals surface area contributed by atoms with E-state index in [1.807, 2.05) is 23.1 Å². The summed E-state index contributed by atoms with van der Waals surface area (Å²) in [5.41, 5.74) is 8.85. The zero-order chi connectivity index (χ0) is 24.4. The number of rotatable bonds is 7. The van der Waals surface area contributed by atoms with E-state index in [9.17, 15) is 0 Å². The Morgan fingerprint density at radius 2 is 1.74 bits per heavy atom. The second-order valence-electron chi connectivity index (χ2n) is 9.57. The third-order valence-electron chi connectivity index (χ3n) is 7.41. The molecule has 0 unspecified atom stereocenters. The molecule has 2 aromatic heterocycles. The van der Waals surface area contributed by atoms with Gasteiger partial charge < -0.3 is 0 Å². The van der Waals surface area contributed by atoms with Crippen LogP contribution in [-0.2, 0) is 25.8 Å². The van der Waals surface area contributed by atoms with Crippen molar-refractivity contribution >= 4 is 0 Å². The number of aryl methyl sites for hydroxylation is 4. The van der Waals surface area contributed by atoms with Gasteiger partial charge in [0.2, 0.25) is 0 Å². The fourth-order valence-electron chi connectivity index (χ4n) is 5.54. The Balaban J connectivity index is 1.58. The lowest BCUT2D eigenvalue weighted by atomic mass is 9.87. The molecular weight excluding hydrogens is 430 g/mol. The summed E-state index contributed by atoms with van der Waals surface area (Å²) in [7, 11) is 2.23. The normalized spacial score (nSPS) is 15.4. The highest BCUT2D eigenvalue weighted by Crippen LogP contribution is 2.35. The number of benzene rings is 2. The van der Waals surface area contributed by atoms with Crippen molar-refractivity contribution in [3.8, 4) is 17.2 Å². The number of hydrogen-bond donors (Lipinski definition) is 0. The monoisotopic (exact) mass is 465 g/mol. The van der Waals surface area contributed by atoms with Crippen LogP contribution >= 0.6 is 0 Å². The van der Waals surface area contributed by atoms with Gasteiger partial charge in [0.05, 0.1) is 0 Å². The van der Waals surface area contributed by atoms with E-state index in [4.69, 9.17) is 9.97 Å². The number of aromatic nitrogens is 4. The molecule has 0 aliphatic heterocycles. The lowest BCUT2D eigenvalue weighted by Gasteiger charge is -2.34. The average molecular weight is 466 g/mol. The van der Waals surface area contributed by atoms with Crippen LogP contribution in [0.1, 0.15) is 66.2 Å². The van der Waals surface area contributed by atoms with Gasteiger partial charge in [0.1, 0.15) is 0 Å². The summed E-state index contributed by atoms with van der Waals surface area (Å²) >= 11 is 0. The lowest BCUT2D eigenvalue weighted by molar-refractivity contribution is 0.212. The molecule has 180 valence electrons. The summed E-state index contributed by atoms with van der Waals surface area (Å²) in [6.45, 7) is 7.29. The van der Waals surface area contributed by atoms with Crippen molar-refractivity contribution in [2.75, 3.05) is 7.05 Å². The minimum atomic E-state index is 0.400. The van der Waals surface area contributed by atoms with Crippen LogP contribution in [0, 0.1) is 6.92 Å². The summed E-state index contributed by atoms with van der Waals surface area (Å²) in [4.78, 5) is 12.7. The van der Waals surface area contributed by atoms with Crippen LogP contribution in [0.3, 0.4) is 0 Å². The predicted octanol–water partition coefficient (Wildman–Crippen LogP) is 6.27. The van der Waals surface area contributed by atoms with Crippen LogP contribution in [0.5, 0.6) is 0 Å². The van der Waals surface area contributed by atoms with Gasteiger partial charge in [-0.25, -0.2) is 14.6 Å². The Hall–Kier alpha value is -3.31. The van der Waals surface area contributed by atoms with Crippen LogP contribution in [0.15, 0.2) is 60.9 Å². The smallest absolute Gasteiger partial charge is 0.162 e. The zero-order valence-electron chi connectivity index (χ0n) is 21.3. The molecule has 0 saturated heterocycles. The molecule has 35 heavy (non-hydrogen) atoms. The third kappa shape index (κ3) is 4.53. The first-order valence-electron chi connectivity index (χ1n) is 12.9. The summed E-state index contributed by atoms with van der Waals surface area (Å²) in [6.07, 6.45) is 9.28. The van der Waals surface area contributed by atoms with Gasteiger partial charge in [0.25, 0.3) is 0 Å². The average Bonchev–Trinajstić information content (AvgIpc) is 3.43. The van der Waals surface area contributed by atoms with Crippen molar-refractivity contribution in [1.82, 2.24) is 24.6 Å². The number of nitrogens with zero attached hydrogens (tertiary/aromatic N) is 5. The molecule has 1 aliphatic carbocycles. The second-order valence-corrected chi connectivity index (χ2v) is 9.57. The largest absolute Gasteiger partial charge is 0.295 e. The van der Waals surface area contributed by atoms with Crippen LogP contribution < -0.4 is 0 Å². The van der Waals surface area contributed by atoms with Crippen molar-refractivity contribution < 1.29 is 0 Å². The van der Waals surface area contributed by atoms with Gasteiger partial charge in [0, 0.05) is 41.8 Å². The van der Waals surface area contributed by atoms with E-state index in [2.05, 4.69) is 80.3 Å². The predicted molar refractivity (Wildman–Crippen MR) is 142 cm³/mol. The summed E-state index contributed by atoms with van der Waals surface area (Å²) < 4.78 is 1.90. The molecule has 0 radical (unpaired) electrons. The molecule has 0 bridgehead atoms. The summed E-state index contributed by atoms with van der Waals surface area (Å²) in [6, 6.07) is 17.8. The standard InChI is InChI=1S/C30H35N5/c1-5-22-13-9-14-23(6-2)28(22)29-32-21(3)26(30(33-29)35-19-11-18-31-35)20-34(4)27-17-10-15-24-12-7-8-16-25(24)27/h7-9,11-14,16,18-19,27H,5-6,10,15,17,20H2,1-4H3/t27-/m1/s1. The third-order valence-corrected chi connectivity index (χ3v) is 7.41. The molecule has 5 rings (SSSR count). The Labute approximate surface area is 208 Å². The quantitative estimate of drug-likeness (QED) is 0.323. The molecule has 4 aromatic rings. The zero-order valence-corrected chi connectivity index (χ0v) is 21.3. The van der Waals surface area contributed by atoms with Crippen LogP contribution in [0.4, 0.5) is 0 Å². The molecule has 0 N–H and O–H groups in total. The van der Waals surface area contributed by atoms with E-state index < -0.39 is 0 Å². The van der Waals surface area contributed by atoms with Gasteiger partial charge in [0.15, 0.2) is 11.6 Å². The minimum absolute atomic E-state index is 0.400. The molecule has 5 nitrogen and oxygen atoms in total.